The number of ether oxygens (including phenoxy) is 1. The molecule has 0 bridgehead atoms. The first-order chi connectivity index (χ1) is 13.9. The van der Waals surface area contributed by atoms with Gasteiger partial charge in [0.1, 0.15) is 18.3 Å². The molecule has 0 unspecified atom stereocenters. The number of aliphatic hydroxyl groups is 3. The molecule has 4 rings (SSSR count). The maximum atomic E-state index is 12.7. The average molecular weight is 404 g/mol. The van der Waals surface area contributed by atoms with Gasteiger partial charge in [-0.15, -0.1) is 5.10 Å². The van der Waals surface area contributed by atoms with Gasteiger partial charge < -0.3 is 20.1 Å². The third-order valence-electron chi connectivity index (χ3n) is 4.75. The lowest BCUT2D eigenvalue weighted by Gasteiger charge is -2.16. The molecule has 1 aliphatic heterocycles. The van der Waals surface area contributed by atoms with Crippen molar-refractivity contribution in [1.29, 1.82) is 0 Å². The van der Waals surface area contributed by atoms with Crippen molar-refractivity contribution in [2.45, 2.75) is 31.1 Å². The fraction of sp³-hybridized carbons (Fsp3) is 0.375. The molecule has 1 saturated heterocycles. The molecule has 1 aromatic carbocycles. The number of hydrogen-bond acceptors (Lipinski definition) is 10. The molecular weight excluding hydrogens is 388 g/mol. The summed E-state index contributed by atoms with van der Waals surface area (Å²) < 4.78 is 7.60. The zero-order valence-corrected chi connectivity index (χ0v) is 14.8. The second-order valence-corrected chi connectivity index (χ2v) is 6.49. The Morgan fingerprint density at radius 1 is 1.24 bits per heavy atom. The van der Waals surface area contributed by atoms with Gasteiger partial charge in [-0.25, -0.2) is 9.67 Å². The largest absolute Gasteiger partial charge is 0.394 e. The first-order valence-electron chi connectivity index (χ1n) is 8.57. The van der Waals surface area contributed by atoms with E-state index < -0.39 is 41.6 Å². The second-order valence-electron chi connectivity index (χ2n) is 6.49. The maximum Gasteiger partial charge on any atom is 0.298 e. The van der Waals surface area contributed by atoms with Gasteiger partial charge in [0, 0.05) is 6.07 Å². The van der Waals surface area contributed by atoms with Crippen LogP contribution in [0.15, 0.2) is 35.4 Å². The summed E-state index contributed by atoms with van der Waals surface area (Å²) in [5, 5.41) is 48.2. The molecule has 1 fully saturated rings. The molecule has 4 atom stereocenters. The van der Waals surface area contributed by atoms with Gasteiger partial charge in [-0.3, -0.25) is 19.5 Å². The first-order valence-corrected chi connectivity index (χ1v) is 8.57. The predicted molar refractivity (Wildman–Crippen MR) is 94.8 cm³/mol. The topological polar surface area (TPSA) is 179 Å². The van der Waals surface area contributed by atoms with Crippen molar-refractivity contribution in [2.75, 3.05) is 6.61 Å². The lowest BCUT2D eigenvalue weighted by atomic mass is 10.1. The number of aromatic nitrogens is 5. The highest BCUT2D eigenvalue weighted by molar-refractivity contribution is 5.68. The molecule has 0 amide bonds. The summed E-state index contributed by atoms with van der Waals surface area (Å²) in [5.41, 5.74) is -0.604. The summed E-state index contributed by atoms with van der Waals surface area (Å²) >= 11 is 0. The zero-order valence-electron chi connectivity index (χ0n) is 14.8. The Bertz CT molecular complexity index is 1130. The van der Waals surface area contributed by atoms with Crippen LogP contribution < -0.4 is 5.56 Å². The number of fused-ring (bicyclic) bond motifs is 1. The molecule has 3 N–H and O–H groups in total. The number of nitro benzene ring substituents is 1. The van der Waals surface area contributed by atoms with Crippen LogP contribution in [0, 0.1) is 10.1 Å². The minimum atomic E-state index is -1.37. The van der Waals surface area contributed by atoms with Gasteiger partial charge in [0.15, 0.2) is 17.4 Å². The third kappa shape index (κ3) is 3.15. The van der Waals surface area contributed by atoms with Crippen LogP contribution in [0.4, 0.5) is 5.69 Å². The summed E-state index contributed by atoms with van der Waals surface area (Å²) in [6, 6.07) is 5.95. The van der Waals surface area contributed by atoms with Crippen molar-refractivity contribution < 1.29 is 25.0 Å². The summed E-state index contributed by atoms with van der Waals surface area (Å²) in [5.74, 6) is 0. The molecule has 0 radical (unpaired) electrons. The van der Waals surface area contributed by atoms with Crippen molar-refractivity contribution in [3.8, 4) is 0 Å². The third-order valence-corrected chi connectivity index (χ3v) is 4.75. The lowest BCUT2D eigenvalue weighted by molar-refractivity contribution is -0.385. The Hall–Kier alpha value is -3.26. The van der Waals surface area contributed by atoms with Crippen LogP contribution in [0.5, 0.6) is 0 Å². The van der Waals surface area contributed by atoms with E-state index in [1.165, 1.54) is 29.1 Å². The fourth-order valence-corrected chi connectivity index (χ4v) is 3.25. The summed E-state index contributed by atoms with van der Waals surface area (Å²) in [6.45, 7) is -0.685. The number of imidazole rings is 1. The molecule has 3 heterocycles. The molecule has 0 saturated carbocycles. The molecule has 29 heavy (non-hydrogen) atoms. The van der Waals surface area contributed by atoms with E-state index in [1.807, 2.05) is 0 Å². The van der Waals surface area contributed by atoms with Crippen LogP contribution in [0.25, 0.3) is 11.2 Å². The number of rotatable bonds is 5. The Kier molecular flexibility index (Phi) is 4.79. The summed E-state index contributed by atoms with van der Waals surface area (Å²) in [6.07, 6.45) is -3.61. The van der Waals surface area contributed by atoms with Crippen LogP contribution in [-0.4, -0.2) is 69.7 Å². The highest BCUT2D eigenvalue weighted by atomic mass is 16.6. The SMILES string of the molecule is O=c1c2ncn([C@@H]3O[C@H](CO)[C@@H](O)[C@H]3O)c2nnn1Cc1ccccc1[N+](=O)[O-]. The van der Waals surface area contributed by atoms with Crippen molar-refractivity contribution in [2.24, 2.45) is 0 Å². The number of hydrogen-bond donors (Lipinski definition) is 3. The number of nitrogens with zero attached hydrogens (tertiary/aromatic N) is 6. The number of aliphatic hydroxyl groups excluding tert-OH is 3. The van der Waals surface area contributed by atoms with Crippen molar-refractivity contribution in [3.63, 3.8) is 0 Å². The van der Waals surface area contributed by atoms with Crippen molar-refractivity contribution in [3.05, 3.63) is 56.6 Å². The van der Waals surface area contributed by atoms with Crippen LogP contribution in [0.1, 0.15) is 11.8 Å². The number of benzene rings is 1. The monoisotopic (exact) mass is 404 g/mol. The standard InChI is InChI=1S/C16H16N6O7/c23-6-10-12(24)13(25)16(29-10)20-7-17-11-14(20)18-19-21(15(11)26)5-8-3-1-2-4-9(8)22(27)28/h1-4,7,10,12-13,16,23-25H,5-6H2/t10-,12-,13-,16-/m1/s1. The fourth-order valence-electron chi connectivity index (χ4n) is 3.25. The van der Waals surface area contributed by atoms with Gasteiger partial charge in [-0.05, 0) is 0 Å². The minimum absolute atomic E-state index is 0.00338. The van der Waals surface area contributed by atoms with Crippen LogP contribution >= 0.6 is 0 Å². The van der Waals surface area contributed by atoms with Gasteiger partial charge >= 0.3 is 0 Å². The van der Waals surface area contributed by atoms with E-state index in [4.69, 9.17) is 4.74 Å². The number of para-hydroxylation sites is 1. The van der Waals surface area contributed by atoms with E-state index in [-0.39, 0.29) is 29.0 Å². The average Bonchev–Trinajstić information content (AvgIpc) is 3.26. The first kappa shape index (κ1) is 19.1. The smallest absolute Gasteiger partial charge is 0.298 e. The van der Waals surface area contributed by atoms with Gasteiger partial charge in [0.25, 0.3) is 11.2 Å². The molecule has 0 aliphatic carbocycles. The minimum Gasteiger partial charge on any atom is -0.394 e. The Morgan fingerprint density at radius 3 is 2.69 bits per heavy atom. The van der Waals surface area contributed by atoms with Crippen molar-refractivity contribution >= 4 is 16.9 Å². The van der Waals surface area contributed by atoms with E-state index in [0.29, 0.717) is 0 Å². The summed E-state index contributed by atoms with van der Waals surface area (Å²) in [7, 11) is 0. The van der Waals surface area contributed by atoms with E-state index in [2.05, 4.69) is 15.3 Å². The maximum absolute atomic E-state index is 12.7. The van der Waals surface area contributed by atoms with Gasteiger partial charge in [-0.2, -0.15) is 0 Å². The highest BCUT2D eigenvalue weighted by Gasteiger charge is 2.44. The lowest BCUT2D eigenvalue weighted by Crippen LogP contribution is -2.33. The van der Waals surface area contributed by atoms with Crippen molar-refractivity contribution in [1.82, 2.24) is 24.5 Å². The molecule has 13 nitrogen and oxygen atoms in total. The molecule has 1 aliphatic rings. The van der Waals surface area contributed by atoms with E-state index in [9.17, 15) is 30.2 Å². The van der Waals surface area contributed by atoms with E-state index in [0.717, 1.165) is 4.68 Å². The molecule has 13 heteroatoms. The van der Waals surface area contributed by atoms with Gasteiger partial charge in [0.05, 0.1) is 30.0 Å². The molecule has 0 spiro atoms. The Labute approximate surface area is 161 Å². The van der Waals surface area contributed by atoms with Crippen LogP contribution in [0.2, 0.25) is 0 Å². The second kappa shape index (κ2) is 7.29. The zero-order chi connectivity index (χ0) is 20.7. The summed E-state index contributed by atoms with van der Waals surface area (Å²) in [4.78, 5) is 27.3. The Morgan fingerprint density at radius 2 is 2.00 bits per heavy atom. The number of nitro groups is 1. The van der Waals surface area contributed by atoms with Gasteiger partial charge in [-0.1, -0.05) is 23.4 Å². The molecular formula is C16H16N6O7. The van der Waals surface area contributed by atoms with Crippen LogP contribution in [-0.2, 0) is 11.3 Å². The highest BCUT2D eigenvalue weighted by Crippen LogP contribution is 2.30. The molecule has 2 aromatic heterocycles. The molecule has 3 aromatic rings. The van der Waals surface area contributed by atoms with Gasteiger partial charge in [0.2, 0.25) is 0 Å². The normalized spacial score (nSPS) is 24.2. The van der Waals surface area contributed by atoms with E-state index >= 15 is 0 Å². The van der Waals surface area contributed by atoms with E-state index in [1.54, 1.807) is 6.07 Å². The molecule has 152 valence electrons. The quantitative estimate of drug-likeness (QED) is 0.337. The van der Waals surface area contributed by atoms with Crippen LogP contribution in [0.3, 0.4) is 0 Å². The predicted octanol–water partition coefficient (Wildman–Crippen LogP) is -1.44. The Balaban J connectivity index is 1.71.